The molecule has 0 saturated carbocycles. The van der Waals surface area contributed by atoms with Crippen molar-refractivity contribution in [2.24, 2.45) is 4.99 Å². The van der Waals surface area contributed by atoms with Gasteiger partial charge in [-0.25, -0.2) is 4.39 Å². The van der Waals surface area contributed by atoms with Crippen LogP contribution in [0.2, 0.25) is 0 Å². The molecule has 0 aromatic heterocycles. The molecule has 0 atom stereocenters. The summed E-state index contributed by atoms with van der Waals surface area (Å²) >= 11 is 0. The summed E-state index contributed by atoms with van der Waals surface area (Å²) in [4.78, 5) is 3.79. The van der Waals surface area contributed by atoms with Gasteiger partial charge in [-0.1, -0.05) is 12.1 Å². The van der Waals surface area contributed by atoms with Gasteiger partial charge in [0.25, 0.3) is 0 Å². The Balaban J connectivity index is 1.99. The highest BCUT2D eigenvalue weighted by Gasteiger charge is 1.97. The van der Waals surface area contributed by atoms with Gasteiger partial charge in [0.15, 0.2) is 0 Å². The van der Waals surface area contributed by atoms with Crippen LogP contribution in [0.15, 0.2) is 53.5 Å². The highest BCUT2D eigenvalue weighted by molar-refractivity contribution is 5.47. The summed E-state index contributed by atoms with van der Waals surface area (Å²) in [7, 11) is 0. The number of hydrogen-bond acceptors (Lipinski definition) is 2. The van der Waals surface area contributed by atoms with Crippen LogP contribution in [-0.4, -0.2) is 6.72 Å². The first-order chi connectivity index (χ1) is 8.28. The van der Waals surface area contributed by atoms with Gasteiger partial charge in [0.1, 0.15) is 18.2 Å². The molecule has 0 aliphatic heterocycles. The first kappa shape index (κ1) is 11.3. The van der Waals surface area contributed by atoms with E-state index in [2.05, 4.69) is 11.7 Å². The zero-order chi connectivity index (χ0) is 12.1. The summed E-state index contributed by atoms with van der Waals surface area (Å²) in [5.41, 5.74) is 1.60. The smallest absolute Gasteiger partial charge is 0.123 e. The van der Waals surface area contributed by atoms with E-state index in [9.17, 15) is 4.39 Å². The van der Waals surface area contributed by atoms with Crippen molar-refractivity contribution in [2.75, 3.05) is 0 Å². The molecular weight excluding hydrogens is 217 g/mol. The van der Waals surface area contributed by atoms with E-state index in [-0.39, 0.29) is 5.82 Å². The second-order valence-corrected chi connectivity index (χ2v) is 3.57. The molecule has 2 rings (SSSR count). The summed E-state index contributed by atoms with van der Waals surface area (Å²) in [6, 6.07) is 13.6. The fraction of sp³-hybridized carbons (Fsp3) is 0.0714. The lowest BCUT2D eigenvalue weighted by atomic mass is 10.2. The fourth-order valence-electron chi connectivity index (χ4n) is 1.44. The third-order valence-electron chi connectivity index (χ3n) is 2.31. The second kappa shape index (κ2) is 5.25. The predicted molar refractivity (Wildman–Crippen MR) is 66.4 cm³/mol. The molecule has 0 spiro atoms. The summed E-state index contributed by atoms with van der Waals surface area (Å²) in [6.07, 6.45) is 0. The molecule has 0 aliphatic rings. The maximum absolute atomic E-state index is 12.9. The van der Waals surface area contributed by atoms with Crippen molar-refractivity contribution in [1.82, 2.24) is 0 Å². The molecule has 2 aromatic carbocycles. The summed E-state index contributed by atoms with van der Waals surface area (Å²) in [5.74, 6) is 0.471. The van der Waals surface area contributed by atoms with Crippen LogP contribution in [0.3, 0.4) is 0 Å². The summed E-state index contributed by atoms with van der Waals surface area (Å²) in [6.45, 7) is 3.78. The van der Waals surface area contributed by atoms with E-state index < -0.39 is 0 Å². The van der Waals surface area contributed by atoms with Crippen LogP contribution < -0.4 is 4.74 Å². The van der Waals surface area contributed by atoms with E-state index in [0.717, 1.165) is 17.0 Å². The molecule has 17 heavy (non-hydrogen) atoms. The SMILES string of the molecule is C=Nc1ccc(OCc2cccc(F)c2)cc1. The Morgan fingerprint density at radius 3 is 2.53 bits per heavy atom. The van der Waals surface area contributed by atoms with Gasteiger partial charge in [-0.3, -0.25) is 4.99 Å². The van der Waals surface area contributed by atoms with Gasteiger partial charge in [-0.2, -0.15) is 0 Å². The third kappa shape index (κ3) is 3.14. The van der Waals surface area contributed by atoms with E-state index in [1.165, 1.54) is 12.1 Å². The number of rotatable bonds is 4. The Morgan fingerprint density at radius 1 is 1.12 bits per heavy atom. The molecule has 0 saturated heterocycles. The van der Waals surface area contributed by atoms with Gasteiger partial charge in [0.05, 0.1) is 5.69 Å². The van der Waals surface area contributed by atoms with Gasteiger partial charge in [-0.15, -0.1) is 0 Å². The van der Waals surface area contributed by atoms with Gasteiger partial charge in [0.2, 0.25) is 0 Å². The van der Waals surface area contributed by atoms with Crippen LogP contribution >= 0.6 is 0 Å². The Bertz CT molecular complexity index is 508. The Kier molecular flexibility index (Phi) is 3.50. The van der Waals surface area contributed by atoms with Crippen LogP contribution in [0.25, 0.3) is 0 Å². The average Bonchev–Trinajstić information content (AvgIpc) is 2.37. The number of nitrogens with zero attached hydrogens (tertiary/aromatic N) is 1. The second-order valence-electron chi connectivity index (χ2n) is 3.57. The monoisotopic (exact) mass is 229 g/mol. The number of ether oxygens (including phenoxy) is 1. The molecule has 0 amide bonds. The molecule has 0 unspecified atom stereocenters. The van der Waals surface area contributed by atoms with Gasteiger partial charge < -0.3 is 4.74 Å². The highest BCUT2D eigenvalue weighted by Crippen LogP contribution is 2.18. The van der Waals surface area contributed by atoms with Crippen molar-refractivity contribution in [2.45, 2.75) is 6.61 Å². The largest absolute Gasteiger partial charge is 0.489 e. The van der Waals surface area contributed by atoms with Crippen LogP contribution in [-0.2, 0) is 6.61 Å². The highest BCUT2D eigenvalue weighted by atomic mass is 19.1. The minimum atomic E-state index is -0.252. The lowest BCUT2D eigenvalue weighted by Gasteiger charge is -2.06. The van der Waals surface area contributed by atoms with Crippen molar-refractivity contribution in [1.29, 1.82) is 0 Å². The standard InChI is InChI=1S/C14H12FNO/c1-16-13-5-7-14(8-6-13)17-10-11-3-2-4-12(15)9-11/h2-9H,1,10H2. The predicted octanol–water partition coefficient (Wildman–Crippen LogP) is 3.74. The molecule has 86 valence electrons. The van der Waals surface area contributed by atoms with Gasteiger partial charge in [-0.05, 0) is 48.7 Å². The minimum absolute atomic E-state index is 0.252. The molecule has 0 aliphatic carbocycles. The molecule has 0 heterocycles. The van der Waals surface area contributed by atoms with Crippen LogP contribution in [0.4, 0.5) is 10.1 Å². The van der Waals surface area contributed by atoms with Gasteiger partial charge in [0, 0.05) is 0 Å². The maximum Gasteiger partial charge on any atom is 0.123 e. The molecule has 0 N–H and O–H groups in total. The molecular formula is C14H12FNO. The lowest BCUT2D eigenvalue weighted by molar-refractivity contribution is 0.305. The molecule has 0 radical (unpaired) electrons. The molecule has 2 aromatic rings. The van der Waals surface area contributed by atoms with E-state index in [1.54, 1.807) is 6.07 Å². The third-order valence-corrected chi connectivity index (χ3v) is 2.31. The zero-order valence-electron chi connectivity index (χ0n) is 9.27. The number of aliphatic imine (C=N–C) groups is 1. The normalized spacial score (nSPS) is 9.94. The summed E-state index contributed by atoms with van der Waals surface area (Å²) in [5, 5.41) is 0. The lowest BCUT2D eigenvalue weighted by Crippen LogP contribution is -1.95. The number of benzene rings is 2. The molecule has 3 heteroatoms. The van der Waals surface area contributed by atoms with Crippen LogP contribution in [0.1, 0.15) is 5.56 Å². The minimum Gasteiger partial charge on any atom is -0.489 e. The molecule has 0 bridgehead atoms. The van der Waals surface area contributed by atoms with Gasteiger partial charge >= 0.3 is 0 Å². The number of halogens is 1. The van der Waals surface area contributed by atoms with Crippen molar-refractivity contribution in [3.63, 3.8) is 0 Å². The Labute approximate surface area is 99.4 Å². The van der Waals surface area contributed by atoms with E-state index in [0.29, 0.717) is 6.61 Å². The summed E-state index contributed by atoms with van der Waals surface area (Å²) < 4.78 is 18.4. The zero-order valence-corrected chi connectivity index (χ0v) is 9.27. The Morgan fingerprint density at radius 2 is 1.88 bits per heavy atom. The maximum atomic E-state index is 12.9. The van der Waals surface area contributed by atoms with Crippen LogP contribution in [0.5, 0.6) is 5.75 Å². The van der Waals surface area contributed by atoms with Crippen molar-refractivity contribution in [3.8, 4) is 5.75 Å². The van der Waals surface area contributed by atoms with Crippen LogP contribution in [0, 0.1) is 5.82 Å². The van der Waals surface area contributed by atoms with Crippen molar-refractivity contribution >= 4 is 12.4 Å². The molecule has 0 fully saturated rings. The topological polar surface area (TPSA) is 21.6 Å². The molecule has 2 nitrogen and oxygen atoms in total. The van der Waals surface area contributed by atoms with E-state index >= 15 is 0 Å². The quantitative estimate of drug-likeness (QED) is 0.732. The fourth-order valence-corrected chi connectivity index (χ4v) is 1.44. The average molecular weight is 229 g/mol. The van der Waals surface area contributed by atoms with Crippen molar-refractivity contribution in [3.05, 3.63) is 59.9 Å². The Hall–Kier alpha value is -2.16. The van der Waals surface area contributed by atoms with Crippen molar-refractivity contribution < 1.29 is 9.13 Å². The first-order valence-corrected chi connectivity index (χ1v) is 5.22. The number of hydrogen-bond donors (Lipinski definition) is 0. The first-order valence-electron chi connectivity index (χ1n) is 5.22. The van der Waals surface area contributed by atoms with E-state index in [1.807, 2.05) is 30.3 Å². The van der Waals surface area contributed by atoms with E-state index in [4.69, 9.17) is 4.74 Å².